The monoisotopic (exact) mass is 411 g/mol. The number of benzene rings is 2. The molecule has 0 saturated heterocycles. The predicted molar refractivity (Wildman–Crippen MR) is 115 cm³/mol. The molecule has 0 radical (unpaired) electrons. The van der Waals surface area contributed by atoms with Gasteiger partial charge in [0.1, 0.15) is 6.04 Å². The first kappa shape index (κ1) is 22.9. The molecule has 3 amide bonds. The Morgan fingerprint density at radius 3 is 2.17 bits per heavy atom. The van der Waals surface area contributed by atoms with Crippen molar-refractivity contribution in [2.75, 3.05) is 6.54 Å². The van der Waals surface area contributed by atoms with Crippen LogP contribution in [-0.4, -0.2) is 36.6 Å². The molecule has 3 atom stereocenters. The minimum atomic E-state index is -1.00. The van der Waals surface area contributed by atoms with Crippen LogP contribution in [0.25, 0.3) is 0 Å². The van der Waals surface area contributed by atoms with Crippen molar-refractivity contribution < 1.29 is 19.1 Å². The van der Waals surface area contributed by atoms with Gasteiger partial charge < -0.3 is 21.1 Å². The van der Waals surface area contributed by atoms with Crippen LogP contribution in [0.1, 0.15) is 37.3 Å². The van der Waals surface area contributed by atoms with Crippen LogP contribution in [0.15, 0.2) is 60.7 Å². The third-order valence-corrected chi connectivity index (χ3v) is 4.83. The normalized spacial score (nSPS) is 13.5. The van der Waals surface area contributed by atoms with Gasteiger partial charge in [-0.3, -0.25) is 4.79 Å². The van der Waals surface area contributed by atoms with Crippen LogP contribution < -0.4 is 16.4 Å². The molecular formula is C23H29N3O4. The van der Waals surface area contributed by atoms with Gasteiger partial charge in [0.15, 0.2) is 6.10 Å². The topological polar surface area (TPSA) is 111 Å². The highest BCUT2D eigenvalue weighted by molar-refractivity contribution is 5.87. The molecule has 2 aromatic carbocycles. The van der Waals surface area contributed by atoms with Crippen molar-refractivity contribution in [3.8, 4) is 0 Å². The molecule has 2 rings (SSSR count). The molecule has 0 aliphatic heterocycles. The van der Waals surface area contributed by atoms with Crippen LogP contribution in [0.3, 0.4) is 0 Å². The van der Waals surface area contributed by atoms with Crippen LogP contribution in [-0.2, 0) is 20.7 Å². The molecule has 7 heteroatoms. The Labute approximate surface area is 177 Å². The van der Waals surface area contributed by atoms with Crippen LogP contribution in [0, 0.1) is 0 Å². The van der Waals surface area contributed by atoms with E-state index in [4.69, 9.17) is 10.5 Å². The first-order valence-corrected chi connectivity index (χ1v) is 10.0. The number of ether oxygens (including phenoxy) is 1. The summed E-state index contributed by atoms with van der Waals surface area (Å²) in [5.74, 6) is -0.939. The maximum absolute atomic E-state index is 12.5. The van der Waals surface area contributed by atoms with Gasteiger partial charge in [0, 0.05) is 18.9 Å². The van der Waals surface area contributed by atoms with Gasteiger partial charge in [0.2, 0.25) is 0 Å². The maximum Gasteiger partial charge on any atom is 0.329 e. The number of hydrogen-bond donors (Lipinski definition) is 3. The number of hydrogen-bond acceptors (Lipinski definition) is 4. The fourth-order valence-electron chi connectivity index (χ4n) is 3.12. The number of urea groups is 1. The van der Waals surface area contributed by atoms with E-state index in [0.29, 0.717) is 6.54 Å². The van der Waals surface area contributed by atoms with Gasteiger partial charge in [-0.15, -0.1) is 0 Å². The van der Waals surface area contributed by atoms with E-state index in [1.165, 1.54) is 6.92 Å². The Morgan fingerprint density at radius 2 is 1.60 bits per heavy atom. The molecule has 0 spiro atoms. The summed E-state index contributed by atoms with van der Waals surface area (Å²) in [5.41, 5.74) is 7.16. The zero-order chi connectivity index (χ0) is 21.9. The Morgan fingerprint density at radius 1 is 1.00 bits per heavy atom. The molecule has 0 saturated carbocycles. The lowest BCUT2D eigenvalue weighted by Crippen LogP contribution is -2.48. The van der Waals surface area contributed by atoms with Crippen LogP contribution in [0.2, 0.25) is 0 Å². The molecule has 30 heavy (non-hydrogen) atoms. The van der Waals surface area contributed by atoms with E-state index >= 15 is 0 Å². The van der Waals surface area contributed by atoms with Crippen LogP contribution >= 0.6 is 0 Å². The number of nitrogens with two attached hydrogens (primary N) is 1. The summed E-state index contributed by atoms with van der Waals surface area (Å²) in [6.07, 6.45) is 0.0713. The first-order chi connectivity index (χ1) is 14.4. The number of esters is 1. The quantitative estimate of drug-likeness (QED) is 0.522. The summed E-state index contributed by atoms with van der Waals surface area (Å²) in [4.78, 5) is 36.3. The highest BCUT2D eigenvalue weighted by Gasteiger charge is 2.26. The van der Waals surface area contributed by atoms with Gasteiger partial charge in [0.25, 0.3) is 5.91 Å². The van der Waals surface area contributed by atoms with Crippen molar-refractivity contribution in [1.29, 1.82) is 0 Å². The molecule has 160 valence electrons. The first-order valence-electron chi connectivity index (χ1n) is 10.0. The highest BCUT2D eigenvalue weighted by Crippen LogP contribution is 2.18. The molecule has 0 unspecified atom stereocenters. The van der Waals surface area contributed by atoms with E-state index in [2.05, 4.69) is 17.6 Å². The lowest BCUT2D eigenvalue weighted by atomic mass is 9.96. The molecule has 0 aliphatic carbocycles. The third kappa shape index (κ3) is 7.24. The number of rotatable bonds is 10. The molecule has 7 nitrogen and oxygen atoms in total. The van der Waals surface area contributed by atoms with E-state index in [1.807, 2.05) is 60.7 Å². The number of carbonyl (C=O) groups excluding carboxylic acids is 3. The smallest absolute Gasteiger partial charge is 0.329 e. The SMILES string of the molecule is CC[C@@H](CNC(=O)[C@H](C)OC(=O)[C@H](Cc1ccccc1)NC(N)=O)c1ccccc1. The Hall–Kier alpha value is -3.35. The van der Waals surface area contributed by atoms with Gasteiger partial charge in [-0.05, 0) is 24.5 Å². The molecule has 0 heterocycles. The average molecular weight is 412 g/mol. The summed E-state index contributed by atoms with van der Waals surface area (Å²) in [7, 11) is 0. The summed E-state index contributed by atoms with van der Waals surface area (Å²) < 4.78 is 5.30. The van der Waals surface area contributed by atoms with Crippen LogP contribution in [0.4, 0.5) is 4.79 Å². The minimum absolute atomic E-state index is 0.167. The zero-order valence-corrected chi connectivity index (χ0v) is 17.3. The lowest BCUT2D eigenvalue weighted by molar-refractivity contribution is -0.156. The van der Waals surface area contributed by atoms with Gasteiger partial charge in [-0.2, -0.15) is 0 Å². The average Bonchev–Trinajstić information content (AvgIpc) is 2.74. The highest BCUT2D eigenvalue weighted by atomic mass is 16.5. The molecular weight excluding hydrogens is 382 g/mol. The van der Waals surface area contributed by atoms with Crippen molar-refractivity contribution in [3.63, 3.8) is 0 Å². The molecule has 0 aliphatic rings. The molecule has 2 aromatic rings. The third-order valence-electron chi connectivity index (χ3n) is 4.83. The molecule has 4 N–H and O–H groups in total. The lowest BCUT2D eigenvalue weighted by Gasteiger charge is -2.21. The Bertz CT molecular complexity index is 827. The van der Waals surface area contributed by atoms with Gasteiger partial charge in [0.05, 0.1) is 0 Å². The molecule has 0 fully saturated rings. The van der Waals surface area contributed by atoms with Gasteiger partial charge in [-0.1, -0.05) is 67.6 Å². The van der Waals surface area contributed by atoms with Crippen molar-refractivity contribution >= 4 is 17.9 Å². The largest absolute Gasteiger partial charge is 0.451 e. The molecule has 0 bridgehead atoms. The van der Waals surface area contributed by atoms with Gasteiger partial charge >= 0.3 is 12.0 Å². The van der Waals surface area contributed by atoms with E-state index in [-0.39, 0.29) is 12.3 Å². The van der Waals surface area contributed by atoms with Crippen molar-refractivity contribution in [1.82, 2.24) is 10.6 Å². The Balaban J connectivity index is 1.92. The van der Waals surface area contributed by atoms with Gasteiger partial charge in [-0.25, -0.2) is 9.59 Å². The fourth-order valence-corrected chi connectivity index (χ4v) is 3.12. The van der Waals surface area contributed by atoms with E-state index in [1.54, 1.807) is 0 Å². The van der Waals surface area contributed by atoms with Crippen LogP contribution in [0.5, 0.6) is 0 Å². The standard InChI is InChI=1S/C23H29N3O4/c1-3-18(19-12-8-5-9-13-19)15-25-21(27)16(2)30-22(28)20(26-23(24)29)14-17-10-6-4-7-11-17/h4-13,16,18,20H,3,14-15H2,1-2H3,(H,25,27)(H3,24,26,29)/t16-,18-,20-/m0/s1. The summed E-state index contributed by atoms with van der Waals surface area (Å²) in [5, 5.41) is 5.22. The molecule has 0 aromatic heterocycles. The second-order valence-electron chi connectivity index (χ2n) is 7.09. The minimum Gasteiger partial charge on any atom is -0.451 e. The van der Waals surface area contributed by atoms with E-state index < -0.39 is 30.1 Å². The number of primary amides is 1. The number of amides is 3. The van der Waals surface area contributed by atoms with Crippen molar-refractivity contribution in [2.24, 2.45) is 5.73 Å². The van der Waals surface area contributed by atoms with E-state index in [0.717, 1.165) is 17.5 Å². The summed E-state index contributed by atoms with van der Waals surface area (Å²) >= 11 is 0. The number of nitrogens with one attached hydrogen (secondary N) is 2. The fraction of sp³-hybridized carbons (Fsp3) is 0.348. The second kappa shape index (κ2) is 11.6. The Kier molecular flexibility index (Phi) is 8.87. The number of carbonyl (C=O) groups is 3. The summed E-state index contributed by atoms with van der Waals surface area (Å²) in [6, 6.07) is 17.3. The zero-order valence-electron chi connectivity index (χ0n) is 17.3. The maximum atomic E-state index is 12.5. The van der Waals surface area contributed by atoms with Crippen molar-refractivity contribution in [2.45, 2.75) is 44.8 Å². The van der Waals surface area contributed by atoms with E-state index in [9.17, 15) is 14.4 Å². The summed E-state index contributed by atoms with van der Waals surface area (Å²) in [6.45, 7) is 3.99. The second-order valence-corrected chi connectivity index (χ2v) is 7.09. The van der Waals surface area contributed by atoms with Crippen molar-refractivity contribution in [3.05, 3.63) is 71.8 Å². The predicted octanol–water partition coefficient (Wildman–Crippen LogP) is 2.51.